The Labute approximate surface area is 391 Å². The van der Waals surface area contributed by atoms with Crippen LogP contribution in [-0.4, -0.2) is 119 Å². The van der Waals surface area contributed by atoms with Crippen molar-refractivity contribution in [2.24, 2.45) is 0 Å². The van der Waals surface area contributed by atoms with Crippen molar-refractivity contribution in [3.05, 3.63) is 113 Å². The van der Waals surface area contributed by atoms with Gasteiger partial charge in [-0.15, -0.1) is 0 Å². The molecule has 9 rings (SSSR count). The minimum absolute atomic E-state index is 0.00485. The molecule has 1 unspecified atom stereocenters. The average molecular weight is 954 g/mol. The number of urea groups is 1. The molecule has 3 aromatic carbocycles. The smallest absolute Gasteiger partial charge is 0.317 e. The van der Waals surface area contributed by atoms with Crippen LogP contribution in [0.3, 0.4) is 0 Å². The number of aromatic nitrogens is 2. The number of ketones is 1. The number of hydrogen-bond donors (Lipinski definition) is 6. The first-order valence-corrected chi connectivity index (χ1v) is 24.2. The summed E-state index contributed by atoms with van der Waals surface area (Å²) in [6, 6.07) is 19.3. The van der Waals surface area contributed by atoms with Gasteiger partial charge in [0, 0.05) is 92.9 Å². The van der Waals surface area contributed by atoms with Crippen LogP contribution in [0.1, 0.15) is 84.3 Å². The zero-order chi connectivity index (χ0) is 48.0. The number of amides is 4. The first-order valence-electron chi connectivity index (χ1n) is 22.7. The van der Waals surface area contributed by atoms with Crippen molar-refractivity contribution in [3.8, 4) is 11.1 Å². The van der Waals surface area contributed by atoms with Gasteiger partial charge in [0.2, 0.25) is 17.6 Å². The summed E-state index contributed by atoms with van der Waals surface area (Å²) in [6.45, 7) is 4.09. The normalized spacial score (nSPS) is 18.7. The lowest BCUT2D eigenvalue weighted by Crippen LogP contribution is -2.50. The largest absolute Gasteiger partial charge is 0.483 e. The summed E-state index contributed by atoms with van der Waals surface area (Å²) in [5.41, 5.74) is 3.66. The van der Waals surface area contributed by atoms with Crippen LogP contribution in [0.5, 0.6) is 0 Å². The van der Waals surface area contributed by atoms with Crippen LogP contribution < -0.4 is 20.7 Å². The molecule has 0 aliphatic carbocycles. The third-order valence-electron chi connectivity index (χ3n) is 13.1. The molecule has 2 aromatic heterocycles. The van der Waals surface area contributed by atoms with Crippen molar-refractivity contribution >= 4 is 62.7 Å². The van der Waals surface area contributed by atoms with Gasteiger partial charge in [0.05, 0.1) is 11.3 Å². The molecule has 5 aromatic rings. The molecule has 4 aliphatic heterocycles. The molecule has 0 bridgehead atoms. The summed E-state index contributed by atoms with van der Waals surface area (Å²) in [5, 5.41) is 16.1. The number of benzene rings is 3. The molecule has 358 valence electrons. The van der Waals surface area contributed by atoms with Crippen molar-refractivity contribution in [1.82, 2.24) is 34.7 Å². The van der Waals surface area contributed by atoms with Gasteiger partial charge < -0.3 is 25.6 Å². The number of imide groups is 1. The van der Waals surface area contributed by atoms with E-state index in [-0.39, 0.29) is 49.0 Å². The molecule has 6 N–H and O–H groups in total. The third kappa shape index (κ3) is 11.0. The second-order valence-electron chi connectivity index (χ2n) is 17.5. The fraction of sp³-hybridized carbons (Fsp3) is 0.375. The van der Waals surface area contributed by atoms with Gasteiger partial charge in [-0.25, -0.2) is 18.6 Å². The van der Waals surface area contributed by atoms with Gasteiger partial charge in [0.15, 0.2) is 5.82 Å². The molecule has 0 saturated carbocycles. The molecule has 20 heteroatoms. The van der Waals surface area contributed by atoms with E-state index in [4.69, 9.17) is 9.90 Å². The monoisotopic (exact) mass is 953 g/mol. The summed E-state index contributed by atoms with van der Waals surface area (Å²) in [5.74, 6) is -3.55. The first kappa shape index (κ1) is 47.7. The number of piperidine rings is 3. The number of likely N-dealkylation sites (tertiary alicyclic amines) is 2. The van der Waals surface area contributed by atoms with E-state index in [1.807, 2.05) is 41.3 Å². The van der Waals surface area contributed by atoms with E-state index < -0.39 is 44.9 Å². The predicted octanol–water partition coefficient (Wildman–Crippen LogP) is 5.96. The number of anilines is 2. The van der Waals surface area contributed by atoms with Crippen LogP contribution >= 0.6 is 0 Å². The van der Waals surface area contributed by atoms with Crippen molar-refractivity contribution < 1.29 is 46.3 Å². The number of halogens is 2. The molecule has 6 heterocycles. The molecule has 4 aliphatic rings. The number of rotatable bonds is 12. The quantitative estimate of drug-likeness (QED) is 0.0486. The second-order valence-corrected chi connectivity index (χ2v) is 19.2. The van der Waals surface area contributed by atoms with Gasteiger partial charge in [-0.05, 0) is 97.9 Å². The Morgan fingerprint density at radius 2 is 1.56 bits per heavy atom. The van der Waals surface area contributed by atoms with E-state index in [9.17, 15) is 27.6 Å². The maximum atomic E-state index is 15.7. The highest BCUT2D eigenvalue weighted by Crippen LogP contribution is 2.32. The number of pyridine rings is 1. The Balaban J connectivity index is 0.00000203. The fourth-order valence-corrected chi connectivity index (χ4v) is 10.6. The number of nitrogens with zero attached hydrogens (tertiary/aromatic N) is 4. The van der Waals surface area contributed by atoms with Gasteiger partial charge in [0.25, 0.3) is 6.47 Å². The summed E-state index contributed by atoms with van der Waals surface area (Å²) in [7, 11) is -4.09. The molecule has 0 radical (unpaired) electrons. The molecule has 4 fully saturated rings. The number of fused-ring (bicyclic) bond motifs is 1. The Hall–Kier alpha value is -6.77. The number of aromatic amines is 1. The molecular weight excluding hydrogens is 901 g/mol. The lowest BCUT2D eigenvalue weighted by Gasteiger charge is -2.36. The molecule has 4 saturated heterocycles. The number of nitrogens with one attached hydrogen (secondary N) is 5. The van der Waals surface area contributed by atoms with Crippen LogP contribution in [0.15, 0.2) is 79.1 Å². The second kappa shape index (κ2) is 21.0. The van der Waals surface area contributed by atoms with Crippen molar-refractivity contribution in [3.63, 3.8) is 0 Å². The van der Waals surface area contributed by atoms with Crippen molar-refractivity contribution in [2.75, 3.05) is 49.3 Å². The van der Waals surface area contributed by atoms with Crippen LogP contribution in [0.2, 0.25) is 0 Å². The fourth-order valence-electron chi connectivity index (χ4n) is 9.32. The van der Waals surface area contributed by atoms with E-state index in [1.54, 1.807) is 12.3 Å². The molecule has 4 amide bonds. The van der Waals surface area contributed by atoms with Gasteiger partial charge in [-0.3, -0.25) is 34.1 Å². The first-order chi connectivity index (χ1) is 32.8. The van der Waals surface area contributed by atoms with Gasteiger partial charge in [-0.1, -0.05) is 36.4 Å². The lowest BCUT2D eigenvalue weighted by molar-refractivity contribution is -0.133. The Kier molecular flexibility index (Phi) is 14.8. The van der Waals surface area contributed by atoms with E-state index in [0.717, 1.165) is 74.3 Å². The minimum Gasteiger partial charge on any atom is -0.483 e. The number of carbonyl (C=O) groups excluding carboxylic acids is 4. The molecule has 68 heavy (non-hydrogen) atoms. The maximum Gasteiger partial charge on any atom is 0.317 e. The lowest BCUT2D eigenvalue weighted by atomic mass is 9.89. The highest BCUT2D eigenvalue weighted by atomic mass is 32.2. The topological polar surface area (TPSA) is 226 Å². The zero-order valence-corrected chi connectivity index (χ0v) is 38.0. The van der Waals surface area contributed by atoms with Crippen molar-refractivity contribution in [1.29, 1.82) is 0 Å². The maximum absolute atomic E-state index is 15.7. The van der Waals surface area contributed by atoms with Crippen LogP contribution in [-0.2, 0) is 31.1 Å². The SMILES string of the molecule is O=C1CCC(Nc2ccc(C3CCN(C(=O)NC4CCN(Cc5ccc(-c6cnc7[nH]cc(C(=O)c8c(F)ccc(NS(=O)(=O)N9CCCC9)c8F)c7c6)cc5)CC4)CC3)cc2)C(=O)N1.O=CO. The van der Waals surface area contributed by atoms with Crippen molar-refractivity contribution in [2.45, 2.75) is 75.9 Å². The van der Waals surface area contributed by atoms with Gasteiger partial charge in [0.1, 0.15) is 17.5 Å². The van der Waals surface area contributed by atoms with Gasteiger partial charge in [-0.2, -0.15) is 12.7 Å². The third-order valence-corrected chi connectivity index (χ3v) is 14.6. The van der Waals surface area contributed by atoms with Gasteiger partial charge >= 0.3 is 16.2 Å². The summed E-state index contributed by atoms with van der Waals surface area (Å²) < 4.78 is 59.8. The molecular formula is C48H53F2N9O8S. The van der Waals surface area contributed by atoms with Crippen LogP contribution in [0.25, 0.3) is 22.2 Å². The summed E-state index contributed by atoms with van der Waals surface area (Å²) in [6.07, 6.45) is 8.59. The number of carboxylic acid groups (broad SMARTS) is 1. The van der Waals surface area contributed by atoms with Crippen LogP contribution in [0, 0.1) is 11.6 Å². The number of H-pyrrole nitrogens is 1. The zero-order valence-electron chi connectivity index (χ0n) is 37.2. The van der Waals surface area contributed by atoms with E-state index in [2.05, 4.69) is 47.7 Å². The summed E-state index contributed by atoms with van der Waals surface area (Å²) >= 11 is 0. The molecule has 17 nitrogen and oxygen atoms in total. The van der Waals surface area contributed by atoms with E-state index in [1.165, 1.54) is 16.1 Å². The Bertz CT molecular complexity index is 2770. The Morgan fingerprint density at radius 3 is 2.24 bits per heavy atom. The van der Waals surface area contributed by atoms with Crippen LogP contribution in [0.4, 0.5) is 25.0 Å². The number of carbonyl (C=O) groups is 5. The highest BCUT2D eigenvalue weighted by Gasteiger charge is 2.31. The van der Waals surface area contributed by atoms with E-state index in [0.29, 0.717) is 61.3 Å². The Morgan fingerprint density at radius 1 is 0.868 bits per heavy atom. The standard InChI is InChI=1S/C47H51F2N9O6S.CH2O2/c48-38-11-12-39(55-65(63,64)58-19-1-2-20-58)43(49)42(38)44(60)37-27-51-45-36(37)25-33(26-50-45)31-5-3-29(4-6-31)28-56-21-17-35(18-22-56)53-47(62)57-23-15-32(16-24-57)30-7-9-34(10-8-30)52-40-13-14-41(59)54-46(40)61;2-1-3/h3-12,25-27,32,35,40,52,55H,1-2,13-24,28H2,(H,50,51)(H,53,62)(H,54,59,61);1H,(H,2,3). The molecule has 0 spiro atoms. The van der Waals surface area contributed by atoms with E-state index >= 15 is 8.78 Å². The average Bonchev–Trinajstić information content (AvgIpc) is 4.05. The minimum atomic E-state index is -4.09. The number of hydrogen-bond acceptors (Lipinski definition) is 10. The highest BCUT2D eigenvalue weighted by molar-refractivity contribution is 7.90. The predicted molar refractivity (Wildman–Crippen MR) is 250 cm³/mol. The molecule has 1 atom stereocenters. The summed E-state index contributed by atoms with van der Waals surface area (Å²) in [4.78, 5) is 70.6.